The average molecular weight is 651 g/mol. The normalized spacial score (nSPS) is 18.1. The van der Waals surface area contributed by atoms with Gasteiger partial charge < -0.3 is 19.0 Å². The molecular formula is C34H37BF2N2O6S. The van der Waals surface area contributed by atoms with E-state index in [2.05, 4.69) is 10.0 Å². The summed E-state index contributed by atoms with van der Waals surface area (Å²) in [5.41, 5.74) is 1.77. The van der Waals surface area contributed by atoms with Crippen molar-refractivity contribution in [2.45, 2.75) is 76.3 Å². The van der Waals surface area contributed by atoms with Gasteiger partial charge in [-0.1, -0.05) is 12.1 Å². The van der Waals surface area contributed by atoms with Crippen LogP contribution in [0, 0.1) is 11.6 Å². The number of amides is 1. The van der Waals surface area contributed by atoms with Crippen LogP contribution < -0.4 is 15.5 Å². The van der Waals surface area contributed by atoms with Crippen LogP contribution in [0.15, 0.2) is 59.0 Å². The lowest BCUT2D eigenvalue weighted by Gasteiger charge is -2.32. The van der Waals surface area contributed by atoms with E-state index in [4.69, 9.17) is 13.7 Å². The first-order chi connectivity index (χ1) is 21.6. The third-order valence-electron chi connectivity index (χ3n) is 9.31. The zero-order chi connectivity index (χ0) is 33.2. The van der Waals surface area contributed by atoms with Crippen molar-refractivity contribution in [2.24, 2.45) is 0 Å². The molecule has 8 nitrogen and oxygen atoms in total. The second-order valence-electron chi connectivity index (χ2n) is 13.2. The van der Waals surface area contributed by atoms with Gasteiger partial charge in [-0.3, -0.25) is 9.52 Å². The molecule has 1 saturated carbocycles. The molecule has 46 heavy (non-hydrogen) atoms. The van der Waals surface area contributed by atoms with Gasteiger partial charge >= 0.3 is 7.12 Å². The maximum atomic E-state index is 15.3. The van der Waals surface area contributed by atoms with Gasteiger partial charge in [0, 0.05) is 29.5 Å². The lowest BCUT2D eigenvalue weighted by atomic mass is 9.78. The van der Waals surface area contributed by atoms with Crippen molar-refractivity contribution < 1.29 is 35.7 Å². The van der Waals surface area contributed by atoms with Gasteiger partial charge in [0.1, 0.15) is 23.0 Å². The molecule has 3 aromatic carbocycles. The smallest absolute Gasteiger partial charge is 0.455 e. The first kappa shape index (κ1) is 32.2. The number of fused-ring (bicyclic) bond motifs is 1. The molecule has 0 spiro atoms. The largest absolute Gasteiger partial charge is 0.497 e. The van der Waals surface area contributed by atoms with Crippen LogP contribution >= 0.6 is 0 Å². The van der Waals surface area contributed by atoms with Crippen LogP contribution in [-0.2, 0) is 25.8 Å². The first-order valence-corrected chi connectivity index (χ1v) is 16.9. The van der Waals surface area contributed by atoms with Crippen molar-refractivity contribution in [1.29, 1.82) is 0 Å². The SMILES string of the molecule is CNC(=O)c1c(-c2ccc(F)cc2)oc2cc(NS(=O)(=O)C(C)Cc3ccc(B4OC(C)(C)C(C)(C)O4)c(F)c3)c(C3CC3)cc12. The van der Waals surface area contributed by atoms with Gasteiger partial charge in [0.25, 0.3) is 5.91 Å². The van der Waals surface area contributed by atoms with E-state index >= 15 is 4.39 Å². The molecule has 6 rings (SSSR count). The molecule has 2 aliphatic rings. The van der Waals surface area contributed by atoms with Crippen LogP contribution in [0.1, 0.15) is 74.9 Å². The molecule has 12 heteroatoms. The molecule has 1 amide bonds. The third-order valence-corrected chi connectivity index (χ3v) is 11.0. The molecule has 4 aromatic rings. The maximum Gasteiger partial charge on any atom is 0.497 e. The molecule has 2 N–H and O–H groups in total. The molecule has 1 aromatic heterocycles. The fourth-order valence-corrected chi connectivity index (χ4v) is 6.79. The highest BCUT2D eigenvalue weighted by molar-refractivity contribution is 7.93. The molecule has 1 atom stereocenters. The number of hydrogen-bond acceptors (Lipinski definition) is 6. The highest BCUT2D eigenvalue weighted by Crippen LogP contribution is 2.47. The summed E-state index contributed by atoms with van der Waals surface area (Å²) < 4.78 is 77.1. The Bertz CT molecular complexity index is 1920. The predicted molar refractivity (Wildman–Crippen MR) is 175 cm³/mol. The maximum absolute atomic E-state index is 15.3. The third kappa shape index (κ3) is 5.94. The van der Waals surface area contributed by atoms with E-state index in [1.807, 2.05) is 27.7 Å². The number of nitrogens with one attached hydrogen (secondary N) is 2. The van der Waals surface area contributed by atoms with Crippen LogP contribution in [0.5, 0.6) is 0 Å². The van der Waals surface area contributed by atoms with E-state index in [0.717, 1.165) is 18.4 Å². The van der Waals surface area contributed by atoms with E-state index < -0.39 is 45.2 Å². The van der Waals surface area contributed by atoms with Crippen molar-refractivity contribution in [3.63, 3.8) is 0 Å². The predicted octanol–water partition coefficient (Wildman–Crippen LogP) is 6.29. The molecule has 0 radical (unpaired) electrons. The standard InChI is InChI=1S/C34H37BF2N2O6S/c1-19(15-20-7-14-26(27(37)16-20)35-44-33(2,3)34(4,5)45-35)46(41,42)39-28-18-29-25(17-24(28)21-8-9-21)30(32(40)38-6)31(43-29)22-10-12-23(36)13-11-22/h7,10-14,16-19,21,39H,8-9,15H2,1-6H3,(H,38,40). The Balaban J connectivity index is 1.28. The Hall–Kier alpha value is -3.74. The van der Waals surface area contributed by atoms with Crippen molar-refractivity contribution >= 4 is 45.2 Å². The molecular weight excluding hydrogens is 613 g/mol. The monoisotopic (exact) mass is 650 g/mol. The van der Waals surface area contributed by atoms with Crippen molar-refractivity contribution in [2.75, 3.05) is 11.8 Å². The number of carbonyl (C=O) groups is 1. The van der Waals surface area contributed by atoms with Crippen molar-refractivity contribution in [3.05, 3.63) is 82.9 Å². The van der Waals surface area contributed by atoms with Crippen LogP contribution in [-0.4, -0.2) is 44.9 Å². The summed E-state index contributed by atoms with van der Waals surface area (Å²) in [6.45, 7) is 9.14. The number of halogens is 2. The van der Waals surface area contributed by atoms with Gasteiger partial charge in [-0.15, -0.1) is 0 Å². The second-order valence-corrected chi connectivity index (χ2v) is 15.3. The minimum absolute atomic E-state index is 0.0627. The molecule has 0 bridgehead atoms. The molecule has 242 valence electrons. The summed E-state index contributed by atoms with van der Waals surface area (Å²) in [6.07, 6.45) is 1.82. The van der Waals surface area contributed by atoms with Gasteiger partial charge in [0.05, 0.1) is 27.7 Å². The Morgan fingerprint density at radius 2 is 1.65 bits per heavy atom. The number of hydrogen-bond donors (Lipinski definition) is 2. The lowest BCUT2D eigenvalue weighted by Crippen LogP contribution is -2.41. The topological polar surface area (TPSA) is 107 Å². The van der Waals surface area contributed by atoms with Gasteiger partial charge in [-0.05, 0) is 107 Å². The molecule has 1 saturated heterocycles. The summed E-state index contributed by atoms with van der Waals surface area (Å²) >= 11 is 0. The minimum atomic E-state index is -3.94. The first-order valence-electron chi connectivity index (χ1n) is 15.3. The Morgan fingerprint density at radius 1 is 1.00 bits per heavy atom. The zero-order valence-corrected chi connectivity index (χ0v) is 27.5. The Kier molecular flexibility index (Phi) is 8.06. The van der Waals surface area contributed by atoms with Crippen LogP contribution in [0.2, 0.25) is 0 Å². The number of carbonyl (C=O) groups excluding carboxylic acids is 1. The summed E-state index contributed by atoms with van der Waals surface area (Å²) in [7, 11) is -3.30. The van der Waals surface area contributed by atoms with Gasteiger partial charge in [-0.2, -0.15) is 0 Å². The number of benzene rings is 3. The number of sulfonamides is 1. The molecule has 1 unspecified atom stereocenters. The summed E-state index contributed by atoms with van der Waals surface area (Å²) in [5, 5.41) is 2.27. The Labute approximate surface area is 268 Å². The molecule has 2 fully saturated rings. The summed E-state index contributed by atoms with van der Waals surface area (Å²) in [6, 6.07) is 13.6. The summed E-state index contributed by atoms with van der Waals surface area (Å²) in [5.74, 6) is -0.951. The Morgan fingerprint density at radius 3 is 2.24 bits per heavy atom. The quantitative estimate of drug-likeness (QED) is 0.207. The lowest BCUT2D eigenvalue weighted by molar-refractivity contribution is 0.00578. The molecule has 2 heterocycles. The molecule has 1 aliphatic heterocycles. The minimum Gasteiger partial charge on any atom is -0.455 e. The second kappa shape index (κ2) is 11.5. The number of furan rings is 1. The van der Waals surface area contributed by atoms with E-state index in [9.17, 15) is 17.6 Å². The highest BCUT2D eigenvalue weighted by Gasteiger charge is 2.52. The molecule has 1 aliphatic carbocycles. The number of anilines is 1. The fraction of sp³-hybridized carbons (Fsp3) is 0.382. The van der Waals surface area contributed by atoms with Gasteiger partial charge in [0.15, 0.2) is 0 Å². The van der Waals surface area contributed by atoms with E-state index in [1.54, 1.807) is 31.2 Å². The number of rotatable bonds is 9. The highest BCUT2D eigenvalue weighted by atomic mass is 32.2. The van der Waals surface area contributed by atoms with Crippen molar-refractivity contribution in [1.82, 2.24) is 5.32 Å². The van der Waals surface area contributed by atoms with Crippen LogP contribution in [0.4, 0.5) is 14.5 Å². The van der Waals surface area contributed by atoms with Gasteiger partial charge in [0.2, 0.25) is 10.0 Å². The van der Waals surface area contributed by atoms with Crippen LogP contribution in [0.3, 0.4) is 0 Å². The average Bonchev–Trinajstić information content (AvgIpc) is 3.72. The van der Waals surface area contributed by atoms with Crippen molar-refractivity contribution in [3.8, 4) is 11.3 Å². The van der Waals surface area contributed by atoms with E-state index in [0.29, 0.717) is 33.3 Å². The van der Waals surface area contributed by atoms with Gasteiger partial charge in [-0.25, -0.2) is 17.2 Å². The fourth-order valence-electron chi connectivity index (χ4n) is 5.69. The van der Waals surface area contributed by atoms with Crippen LogP contribution in [0.25, 0.3) is 22.3 Å². The summed E-state index contributed by atoms with van der Waals surface area (Å²) in [4.78, 5) is 13.0. The van der Waals surface area contributed by atoms with E-state index in [1.165, 1.54) is 37.4 Å². The van der Waals surface area contributed by atoms with E-state index in [-0.39, 0.29) is 29.5 Å². The zero-order valence-electron chi connectivity index (χ0n) is 26.7.